The summed E-state index contributed by atoms with van der Waals surface area (Å²) in [5, 5.41) is 3.30. The minimum Gasteiger partial charge on any atom is -0.381 e. The minimum atomic E-state index is 0.433. The molecule has 0 saturated heterocycles. The van der Waals surface area contributed by atoms with Gasteiger partial charge in [-0.2, -0.15) is 0 Å². The molecule has 3 rings (SSSR count). The normalized spacial score (nSPS) is 10.7. The number of hydrogen-bond donors (Lipinski definition) is 2. The lowest BCUT2D eigenvalue weighted by Gasteiger charge is -2.11. The van der Waals surface area contributed by atoms with Crippen LogP contribution in [0.3, 0.4) is 0 Å². The maximum Gasteiger partial charge on any atom is 0.169 e. The van der Waals surface area contributed by atoms with Crippen LogP contribution in [0.5, 0.6) is 0 Å². The molecule has 0 aliphatic carbocycles. The van der Waals surface area contributed by atoms with Crippen LogP contribution in [0.15, 0.2) is 48.5 Å². The van der Waals surface area contributed by atoms with Gasteiger partial charge in [0.25, 0.3) is 0 Å². The van der Waals surface area contributed by atoms with E-state index in [0.29, 0.717) is 18.2 Å². The first-order valence-corrected chi connectivity index (χ1v) is 7.11. The molecule has 4 nitrogen and oxygen atoms in total. The Bertz CT molecular complexity index is 768. The van der Waals surface area contributed by atoms with Crippen molar-refractivity contribution in [3.63, 3.8) is 0 Å². The molecule has 0 unspecified atom stereocenters. The van der Waals surface area contributed by atoms with Crippen LogP contribution in [0, 0.1) is 0 Å². The van der Waals surface area contributed by atoms with Crippen molar-refractivity contribution in [2.45, 2.75) is 19.9 Å². The van der Waals surface area contributed by atoms with Crippen LogP contribution >= 0.6 is 0 Å². The van der Waals surface area contributed by atoms with Crippen molar-refractivity contribution in [3.05, 3.63) is 59.7 Å². The summed E-state index contributed by atoms with van der Waals surface area (Å²) in [7, 11) is 0. The van der Waals surface area contributed by atoms with Gasteiger partial charge in [0.1, 0.15) is 0 Å². The Labute approximate surface area is 124 Å². The first kappa shape index (κ1) is 13.4. The van der Waals surface area contributed by atoms with Crippen molar-refractivity contribution in [2.24, 2.45) is 0 Å². The molecule has 106 valence electrons. The summed E-state index contributed by atoms with van der Waals surface area (Å²) in [6.07, 6.45) is 1.01. The molecule has 0 radical (unpaired) electrons. The number of hydrogen-bond acceptors (Lipinski definition) is 4. The quantitative estimate of drug-likeness (QED) is 0.768. The van der Waals surface area contributed by atoms with Crippen LogP contribution in [0.2, 0.25) is 0 Å². The third kappa shape index (κ3) is 2.79. The van der Waals surface area contributed by atoms with E-state index < -0.39 is 0 Å². The van der Waals surface area contributed by atoms with E-state index in [1.165, 1.54) is 11.1 Å². The molecule has 4 heteroatoms. The van der Waals surface area contributed by atoms with Crippen LogP contribution in [0.25, 0.3) is 11.0 Å². The number of aryl methyl sites for hydroxylation is 1. The zero-order valence-electron chi connectivity index (χ0n) is 12.0. The second-order valence-electron chi connectivity index (χ2n) is 4.92. The van der Waals surface area contributed by atoms with Crippen molar-refractivity contribution >= 4 is 22.7 Å². The molecule has 0 saturated carbocycles. The minimum absolute atomic E-state index is 0.433. The summed E-state index contributed by atoms with van der Waals surface area (Å²) < 4.78 is 0. The summed E-state index contributed by atoms with van der Waals surface area (Å²) in [6.45, 7) is 2.85. The van der Waals surface area contributed by atoms with Gasteiger partial charge >= 0.3 is 0 Å². The number of nitrogens with zero attached hydrogens (tertiary/aromatic N) is 2. The second-order valence-corrected chi connectivity index (χ2v) is 4.92. The second kappa shape index (κ2) is 5.79. The van der Waals surface area contributed by atoms with Crippen molar-refractivity contribution in [3.8, 4) is 0 Å². The topological polar surface area (TPSA) is 63.8 Å². The molecule has 3 N–H and O–H groups in total. The molecule has 3 aromatic rings. The highest BCUT2D eigenvalue weighted by Crippen LogP contribution is 2.19. The van der Waals surface area contributed by atoms with E-state index in [4.69, 9.17) is 5.73 Å². The number of nitrogen functional groups attached to an aromatic ring is 1. The van der Waals surface area contributed by atoms with Crippen molar-refractivity contribution in [2.75, 3.05) is 11.1 Å². The number of nitrogens with two attached hydrogens (primary N) is 1. The van der Waals surface area contributed by atoms with Gasteiger partial charge < -0.3 is 11.1 Å². The Balaban J connectivity index is 1.86. The molecule has 1 aromatic heterocycles. The number of fused-ring (bicyclic) bond motifs is 1. The van der Waals surface area contributed by atoms with E-state index in [0.717, 1.165) is 17.5 Å². The molecular weight excluding hydrogens is 260 g/mol. The highest BCUT2D eigenvalue weighted by Gasteiger charge is 2.06. The fraction of sp³-hybridized carbons (Fsp3) is 0.176. The van der Waals surface area contributed by atoms with Gasteiger partial charge in [0.05, 0.1) is 11.0 Å². The Kier molecular flexibility index (Phi) is 3.69. The van der Waals surface area contributed by atoms with Gasteiger partial charge in [-0.3, -0.25) is 0 Å². The number of rotatable bonds is 4. The SMILES string of the molecule is CCc1ccccc1CNc1nc2ccccc2nc1N. The van der Waals surface area contributed by atoms with Crippen molar-refractivity contribution in [1.29, 1.82) is 0 Å². The van der Waals surface area contributed by atoms with Gasteiger partial charge in [0, 0.05) is 6.54 Å². The van der Waals surface area contributed by atoms with Crippen molar-refractivity contribution < 1.29 is 0 Å². The van der Waals surface area contributed by atoms with Gasteiger partial charge in [0.2, 0.25) is 0 Å². The highest BCUT2D eigenvalue weighted by molar-refractivity contribution is 5.79. The number of benzene rings is 2. The lowest BCUT2D eigenvalue weighted by atomic mass is 10.1. The molecule has 0 aliphatic heterocycles. The van der Waals surface area contributed by atoms with E-state index in [1.807, 2.05) is 30.3 Å². The fourth-order valence-electron chi connectivity index (χ4n) is 2.40. The molecule has 1 heterocycles. The maximum atomic E-state index is 5.99. The Morgan fingerprint density at radius 2 is 1.52 bits per heavy atom. The van der Waals surface area contributed by atoms with Gasteiger partial charge in [-0.05, 0) is 29.7 Å². The molecule has 0 fully saturated rings. The van der Waals surface area contributed by atoms with Crippen LogP contribution in [0.4, 0.5) is 11.6 Å². The maximum absolute atomic E-state index is 5.99. The smallest absolute Gasteiger partial charge is 0.169 e. The highest BCUT2D eigenvalue weighted by atomic mass is 15.1. The largest absolute Gasteiger partial charge is 0.381 e. The summed E-state index contributed by atoms with van der Waals surface area (Å²) in [5.74, 6) is 1.07. The predicted molar refractivity (Wildman–Crippen MR) is 87.1 cm³/mol. The monoisotopic (exact) mass is 278 g/mol. The van der Waals surface area contributed by atoms with Crippen LogP contribution < -0.4 is 11.1 Å². The lowest BCUT2D eigenvalue weighted by Crippen LogP contribution is -2.08. The number of para-hydroxylation sites is 2. The fourth-order valence-corrected chi connectivity index (χ4v) is 2.40. The summed E-state index contributed by atoms with van der Waals surface area (Å²) >= 11 is 0. The zero-order valence-corrected chi connectivity index (χ0v) is 12.0. The molecule has 0 bridgehead atoms. The van der Waals surface area contributed by atoms with E-state index in [9.17, 15) is 0 Å². The van der Waals surface area contributed by atoms with Gasteiger partial charge in [0.15, 0.2) is 11.6 Å². The molecule has 21 heavy (non-hydrogen) atoms. The van der Waals surface area contributed by atoms with E-state index in [2.05, 4.69) is 40.4 Å². The zero-order chi connectivity index (χ0) is 14.7. The van der Waals surface area contributed by atoms with Crippen LogP contribution in [0.1, 0.15) is 18.1 Å². The number of anilines is 2. The van der Waals surface area contributed by atoms with E-state index in [1.54, 1.807) is 0 Å². The van der Waals surface area contributed by atoms with Gasteiger partial charge in [-0.1, -0.05) is 43.3 Å². The van der Waals surface area contributed by atoms with Crippen molar-refractivity contribution in [1.82, 2.24) is 9.97 Å². The molecule has 0 amide bonds. The van der Waals surface area contributed by atoms with E-state index in [-0.39, 0.29) is 0 Å². The summed E-state index contributed by atoms with van der Waals surface area (Å²) in [5.41, 5.74) is 10.2. The molecule has 0 aliphatic rings. The Hall–Kier alpha value is -2.62. The summed E-state index contributed by atoms with van der Waals surface area (Å²) in [6, 6.07) is 16.1. The third-order valence-electron chi connectivity index (χ3n) is 3.54. The standard InChI is InChI=1S/C17H18N4/c1-2-12-7-3-4-8-13(12)11-19-17-16(18)20-14-9-5-6-10-15(14)21-17/h3-10H,2,11H2,1H3,(H2,18,20)(H,19,21). The third-order valence-corrected chi connectivity index (χ3v) is 3.54. The van der Waals surface area contributed by atoms with Gasteiger partial charge in [-0.25, -0.2) is 9.97 Å². The van der Waals surface area contributed by atoms with E-state index >= 15 is 0 Å². The first-order valence-electron chi connectivity index (χ1n) is 7.11. The van der Waals surface area contributed by atoms with Gasteiger partial charge in [-0.15, -0.1) is 0 Å². The molecule has 2 aromatic carbocycles. The summed E-state index contributed by atoms with van der Waals surface area (Å²) in [4.78, 5) is 8.93. The molecule has 0 spiro atoms. The molecule has 0 atom stereocenters. The average molecular weight is 278 g/mol. The number of nitrogens with one attached hydrogen (secondary N) is 1. The average Bonchev–Trinajstić information content (AvgIpc) is 2.53. The van der Waals surface area contributed by atoms with Crippen LogP contribution in [-0.4, -0.2) is 9.97 Å². The Morgan fingerprint density at radius 3 is 2.24 bits per heavy atom. The lowest BCUT2D eigenvalue weighted by molar-refractivity contribution is 1.03. The van der Waals surface area contributed by atoms with Crippen LogP contribution in [-0.2, 0) is 13.0 Å². The number of aromatic nitrogens is 2. The predicted octanol–water partition coefficient (Wildman–Crippen LogP) is 3.39. The Morgan fingerprint density at radius 1 is 0.905 bits per heavy atom. The molecular formula is C17H18N4. The first-order chi connectivity index (χ1) is 10.3.